The number of hydrogen-bond acceptors (Lipinski definition) is 6. The van der Waals surface area contributed by atoms with E-state index >= 15 is 0 Å². The zero-order valence-electron chi connectivity index (χ0n) is 15.3. The highest BCUT2D eigenvalue weighted by molar-refractivity contribution is 5.75. The summed E-state index contributed by atoms with van der Waals surface area (Å²) in [7, 11) is 1.61. The van der Waals surface area contributed by atoms with E-state index in [0.717, 1.165) is 25.2 Å². The molecular formula is C19H30N2O4. The Morgan fingerprint density at radius 3 is 2.68 bits per heavy atom. The monoisotopic (exact) mass is 350 g/mol. The Labute approximate surface area is 150 Å². The van der Waals surface area contributed by atoms with Gasteiger partial charge in [0.1, 0.15) is 12.6 Å². The molecule has 0 aliphatic carbocycles. The van der Waals surface area contributed by atoms with Crippen LogP contribution in [0.2, 0.25) is 0 Å². The second-order valence-electron chi connectivity index (χ2n) is 6.30. The van der Waals surface area contributed by atoms with Crippen molar-refractivity contribution in [2.75, 3.05) is 40.0 Å². The lowest BCUT2D eigenvalue weighted by Gasteiger charge is -2.26. The van der Waals surface area contributed by atoms with Crippen LogP contribution in [0.3, 0.4) is 0 Å². The van der Waals surface area contributed by atoms with Crippen LogP contribution in [0.5, 0.6) is 11.5 Å². The van der Waals surface area contributed by atoms with E-state index in [0.29, 0.717) is 31.1 Å². The summed E-state index contributed by atoms with van der Waals surface area (Å²) in [5.41, 5.74) is 6.79. The first-order valence-corrected chi connectivity index (χ1v) is 9.08. The van der Waals surface area contributed by atoms with Crippen molar-refractivity contribution >= 4 is 5.97 Å². The summed E-state index contributed by atoms with van der Waals surface area (Å²) in [6.07, 6.45) is 4.29. The van der Waals surface area contributed by atoms with Gasteiger partial charge in [0.05, 0.1) is 13.7 Å². The molecule has 0 bridgehead atoms. The van der Waals surface area contributed by atoms with Crippen LogP contribution < -0.4 is 15.2 Å². The lowest BCUT2D eigenvalue weighted by atomic mass is 10.1. The maximum atomic E-state index is 11.7. The molecule has 1 heterocycles. The number of rotatable bonds is 9. The molecule has 1 fully saturated rings. The van der Waals surface area contributed by atoms with Gasteiger partial charge in [0.25, 0.3) is 0 Å². The summed E-state index contributed by atoms with van der Waals surface area (Å²) in [4.78, 5) is 14.1. The summed E-state index contributed by atoms with van der Waals surface area (Å²) < 4.78 is 16.3. The molecule has 1 aromatic carbocycles. The first-order valence-electron chi connectivity index (χ1n) is 9.08. The van der Waals surface area contributed by atoms with Gasteiger partial charge in [0.2, 0.25) is 0 Å². The average Bonchev–Trinajstić information content (AvgIpc) is 2.63. The molecule has 1 aromatic rings. The van der Waals surface area contributed by atoms with Gasteiger partial charge in [-0.3, -0.25) is 9.69 Å². The van der Waals surface area contributed by atoms with Crippen LogP contribution in [0.1, 0.15) is 31.7 Å². The predicted octanol–water partition coefficient (Wildman–Crippen LogP) is 1.99. The number of piperidine rings is 1. The van der Waals surface area contributed by atoms with Crippen molar-refractivity contribution in [3.8, 4) is 11.5 Å². The average molecular weight is 350 g/mol. The van der Waals surface area contributed by atoms with E-state index in [2.05, 4.69) is 4.90 Å². The third-order valence-corrected chi connectivity index (χ3v) is 4.39. The van der Waals surface area contributed by atoms with Gasteiger partial charge in [-0.1, -0.05) is 12.5 Å². The molecule has 6 nitrogen and oxygen atoms in total. The number of hydrogen-bond donors (Lipinski definition) is 1. The summed E-state index contributed by atoms with van der Waals surface area (Å²) >= 11 is 0. The van der Waals surface area contributed by atoms with Crippen LogP contribution >= 0.6 is 0 Å². The topological polar surface area (TPSA) is 74.0 Å². The Kier molecular flexibility index (Phi) is 8.01. The number of ether oxygens (including phenoxy) is 3. The number of likely N-dealkylation sites (tertiary alicyclic amines) is 1. The SMILES string of the molecule is CCOC(=O)C(N)Cc1ccc(OCCN2CCCCC2)c(OC)c1. The molecule has 0 spiro atoms. The van der Waals surface area contributed by atoms with Crippen LogP contribution in [0, 0.1) is 0 Å². The molecule has 1 aliphatic heterocycles. The van der Waals surface area contributed by atoms with Crippen molar-refractivity contribution in [3.63, 3.8) is 0 Å². The summed E-state index contributed by atoms with van der Waals surface area (Å²) in [5, 5.41) is 0. The highest BCUT2D eigenvalue weighted by atomic mass is 16.5. The van der Waals surface area contributed by atoms with E-state index < -0.39 is 6.04 Å². The number of carbonyl (C=O) groups excluding carboxylic acids is 1. The number of benzene rings is 1. The van der Waals surface area contributed by atoms with Gasteiger partial charge in [0.15, 0.2) is 11.5 Å². The van der Waals surface area contributed by atoms with Gasteiger partial charge in [-0.05, 0) is 57.0 Å². The Morgan fingerprint density at radius 2 is 2.00 bits per heavy atom. The van der Waals surface area contributed by atoms with Gasteiger partial charge in [0, 0.05) is 6.54 Å². The molecule has 0 radical (unpaired) electrons. The number of methoxy groups -OCH3 is 1. The molecule has 2 rings (SSSR count). The first kappa shape index (κ1) is 19.5. The molecule has 1 aliphatic rings. The Morgan fingerprint density at radius 1 is 1.24 bits per heavy atom. The van der Waals surface area contributed by atoms with Gasteiger partial charge < -0.3 is 19.9 Å². The molecular weight excluding hydrogens is 320 g/mol. The summed E-state index contributed by atoms with van der Waals surface area (Å²) in [6, 6.07) is 4.99. The predicted molar refractivity (Wildman–Crippen MR) is 97.1 cm³/mol. The Hall–Kier alpha value is -1.79. The van der Waals surface area contributed by atoms with Crippen molar-refractivity contribution in [2.45, 2.75) is 38.6 Å². The summed E-state index contributed by atoms with van der Waals surface area (Å²) in [5.74, 6) is 0.989. The van der Waals surface area contributed by atoms with Crippen molar-refractivity contribution in [2.24, 2.45) is 5.73 Å². The van der Waals surface area contributed by atoms with Gasteiger partial charge >= 0.3 is 5.97 Å². The quantitative estimate of drug-likeness (QED) is 0.687. The lowest BCUT2D eigenvalue weighted by Crippen LogP contribution is -2.34. The number of esters is 1. The molecule has 25 heavy (non-hydrogen) atoms. The van der Waals surface area contributed by atoms with Crippen LogP contribution in [0.15, 0.2) is 18.2 Å². The van der Waals surface area contributed by atoms with Crippen molar-refractivity contribution in [3.05, 3.63) is 23.8 Å². The van der Waals surface area contributed by atoms with Crippen molar-refractivity contribution < 1.29 is 19.0 Å². The summed E-state index contributed by atoms with van der Waals surface area (Å²) in [6.45, 7) is 5.98. The molecule has 140 valence electrons. The fraction of sp³-hybridized carbons (Fsp3) is 0.632. The molecule has 1 saturated heterocycles. The molecule has 2 N–H and O–H groups in total. The molecule has 6 heteroatoms. The normalized spacial score (nSPS) is 16.3. The van der Waals surface area contributed by atoms with E-state index in [1.165, 1.54) is 19.3 Å². The van der Waals surface area contributed by atoms with Crippen LogP contribution in [0.25, 0.3) is 0 Å². The number of nitrogens with two attached hydrogens (primary N) is 1. The van der Waals surface area contributed by atoms with E-state index in [9.17, 15) is 4.79 Å². The fourth-order valence-electron chi connectivity index (χ4n) is 3.01. The fourth-order valence-corrected chi connectivity index (χ4v) is 3.01. The molecule has 0 saturated carbocycles. The second-order valence-corrected chi connectivity index (χ2v) is 6.30. The van der Waals surface area contributed by atoms with Gasteiger partial charge in [-0.15, -0.1) is 0 Å². The molecule has 1 atom stereocenters. The van der Waals surface area contributed by atoms with Gasteiger partial charge in [-0.2, -0.15) is 0 Å². The maximum Gasteiger partial charge on any atom is 0.323 e. The van der Waals surface area contributed by atoms with E-state index in [4.69, 9.17) is 19.9 Å². The first-order chi connectivity index (χ1) is 12.1. The smallest absolute Gasteiger partial charge is 0.323 e. The molecule has 0 aromatic heterocycles. The maximum absolute atomic E-state index is 11.7. The largest absolute Gasteiger partial charge is 0.493 e. The number of carbonyl (C=O) groups is 1. The third-order valence-electron chi connectivity index (χ3n) is 4.39. The second kappa shape index (κ2) is 10.3. The molecule has 0 amide bonds. The minimum atomic E-state index is -0.671. The lowest BCUT2D eigenvalue weighted by molar-refractivity contribution is -0.144. The minimum absolute atomic E-state index is 0.333. The van der Waals surface area contributed by atoms with E-state index in [-0.39, 0.29) is 5.97 Å². The minimum Gasteiger partial charge on any atom is -0.493 e. The zero-order valence-corrected chi connectivity index (χ0v) is 15.3. The van der Waals surface area contributed by atoms with E-state index in [1.54, 1.807) is 14.0 Å². The highest BCUT2D eigenvalue weighted by Crippen LogP contribution is 2.28. The number of nitrogens with zero attached hydrogens (tertiary/aromatic N) is 1. The van der Waals surface area contributed by atoms with E-state index in [1.807, 2.05) is 18.2 Å². The van der Waals surface area contributed by atoms with Crippen molar-refractivity contribution in [1.82, 2.24) is 4.90 Å². The van der Waals surface area contributed by atoms with Gasteiger partial charge in [-0.25, -0.2) is 0 Å². The van der Waals surface area contributed by atoms with Crippen LogP contribution in [-0.2, 0) is 16.0 Å². The molecule has 1 unspecified atom stereocenters. The Bertz CT molecular complexity index is 544. The third kappa shape index (κ3) is 6.21. The van der Waals surface area contributed by atoms with Crippen LogP contribution in [-0.4, -0.2) is 56.9 Å². The zero-order chi connectivity index (χ0) is 18.1. The van der Waals surface area contributed by atoms with Crippen LogP contribution in [0.4, 0.5) is 0 Å². The Balaban J connectivity index is 1.88. The standard InChI is InChI=1S/C19H30N2O4/c1-3-24-19(22)16(20)13-15-7-8-17(18(14-15)23-2)25-12-11-21-9-5-4-6-10-21/h7-8,14,16H,3-6,9-13,20H2,1-2H3. The van der Waals surface area contributed by atoms with Crippen molar-refractivity contribution in [1.29, 1.82) is 0 Å². The highest BCUT2D eigenvalue weighted by Gasteiger charge is 2.16.